The first kappa shape index (κ1) is 25.5. The van der Waals surface area contributed by atoms with Crippen LogP contribution < -0.4 is 21.3 Å². The summed E-state index contributed by atoms with van der Waals surface area (Å²) in [5.41, 5.74) is 1.86. The van der Waals surface area contributed by atoms with Gasteiger partial charge in [-0.1, -0.05) is 35.9 Å². The van der Waals surface area contributed by atoms with E-state index in [1.807, 2.05) is 32.2 Å². The first-order valence-electron chi connectivity index (χ1n) is 10.3. The van der Waals surface area contributed by atoms with E-state index in [2.05, 4.69) is 21.3 Å². The number of carbonyl (C=O) groups is 3. The van der Waals surface area contributed by atoms with E-state index in [-0.39, 0.29) is 23.9 Å². The summed E-state index contributed by atoms with van der Waals surface area (Å²) in [6.45, 7) is 4.07. The molecule has 0 aliphatic carbocycles. The molecule has 0 aliphatic rings. The third-order valence-electron chi connectivity index (χ3n) is 4.45. The summed E-state index contributed by atoms with van der Waals surface area (Å²) in [4.78, 5) is 37.1. The highest BCUT2D eigenvalue weighted by Crippen LogP contribution is 2.15. The molecule has 1 unspecified atom stereocenters. The first-order valence-corrected chi connectivity index (χ1v) is 12.1. The van der Waals surface area contributed by atoms with Crippen molar-refractivity contribution in [1.82, 2.24) is 16.0 Å². The lowest BCUT2D eigenvalue weighted by Crippen LogP contribution is -2.47. The van der Waals surface area contributed by atoms with Crippen molar-refractivity contribution in [1.29, 1.82) is 0 Å². The van der Waals surface area contributed by atoms with Gasteiger partial charge in [-0.25, -0.2) is 4.79 Å². The van der Waals surface area contributed by atoms with E-state index in [4.69, 9.17) is 11.6 Å². The van der Waals surface area contributed by atoms with Gasteiger partial charge in [0, 0.05) is 18.3 Å². The molecular weight excluding hydrogens is 448 g/mol. The zero-order valence-corrected chi connectivity index (χ0v) is 20.0. The molecule has 0 saturated heterocycles. The van der Waals surface area contributed by atoms with Crippen molar-refractivity contribution < 1.29 is 14.4 Å². The van der Waals surface area contributed by atoms with E-state index in [1.165, 1.54) is 0 Å². The predicted molar refractivity (Wildman–Crippen MR) is 131 cm³/mol. The molecule has 0 heterocycles. The Morgan fingerprint density at radius 1 is 1.00 bits per heavy atom. The maximum Gasteiger partial charge on any atom is 0.319 e. The fourth-order valence-electron chi connectivity index (χ4n) is 2.83. The van der Waals surface area contributed by atoms with Crippen molar-refractivity contribution in [3.63, 3.8) is 0 Å². The second kappa shape index (κ2) is 13.0. The lowest BCUT2D eigenvalue weighted by Gasteiger charge is -2.19. The molecule has 0 spiro atoms. The van der Waals surface area contributed by atoms with Crippen molar-refractivity contribution >= 4 is 46.9 Å². The van der Waals surface area contributed by atoms with E-state index in [0.717, 1.165) is 11.3 Å². The molecule has 172 valence electrons. The fourth-order valence-corrected chi connectivity index (χ4v) is 3.53. The molecule has 0 fully saturated rings. The molecule has 9 heteroatoms. The zero-order valence-electron chi connectivity index (χ0n) is 18.4. The van der Waals surface area contributed by atoms with Crippen LogP contribution in [0.1, 0.15) is 36.2 Å². The van der Waals surface area contributed by atoms with Gasteiger partial charge in [0.25, 0.3) is 5.91 Å². The molecule has 0 saturated carbocycles. The van der Waals surface area contributed by atoms with E-state index in [1.54, 1.807) is 48.2 Å². The Kier molecular flexibility index (Phi) is 10.4. The van der Waals surface area contributed by atoms with Gasteiger partial charge in [0.05, 0.1) is 10.6 Å². The lowest BCUT2D eigenvalue weighted by atomic mass is 10.1. The number of rotatable bonds is 10. The average Bonchev–Trinajstić information content (AvgIpc) is 2.75. The molecule has 4 amide bonds. The number of halogens is 1. The molecule has 2 aromatic rings. The molecule has 0 radical (unpaired) electrons. The highest BCUT2D eigenvalue weighted by Gasteiger charge is 2.22. The normalized spacial score (nSPS) is 11.5. The molecule has 2 aromatic carbocycles. The van der Waals surface area contributed by atoms with Gasteiger partial charge in [0.15, 0.2) is 0 Å². The Hall–Kier alpha value is -2.71. The van der Waals surface area contributed by atoms with Crippen molar-refractivity contribution in [2.24, 2.45) is 0 Å². The van der Waals surface area contributed by atoms with Gasteiger partial charge >= 0.3 is 6.03 Å². The van der Waals surface area contributed by atoms with Crippen molar-refractivity contribution in [3.8, 4) is 0 Å². The van der Waals surface area contributed by atoms with Gasteiger partial charge in [-0.2, -0.15) is 11.8 Å². The van der Waals surface area contributed by atoms with Gasteiger partial charge in [0.2, 0.25) is 5.91 Å². The number of benzene rings is 2. The Bertz CT molecular complexity index is 922. The molecule has 1 atom stereocenters. The van der Waals surface area contributed by atoms with E-state index >= 15 is 0 Å². The monoisotopic (exact) mass is 476 g/mol. The second-order valence-electron chi connectivity index (χ2n) is 7.46. The second-order valence-corrected chi connectivity index (χ2v) is 8.85. The van der Waals surface area contributed by atoms with Gasteiger partial charge < -0.3 is 21.3 Å². The van der Waals surface area contributed by atoms with Crippen LogP contribution in [0.4, 0.5) is 10.5 Å². The maximum atomic E-state index is 12.8. The Labute approximate surface area is 198 Å². The third kappa shape index (κ3) is 8.43. The molecule has 0 bridgehead atoms. The summed E-state index contributed by atoms with van der Waals surface area (Å²) in [5, 5.41) is 11.5. The van der Waals surface area contributed by atoms with Crippen LogP contribution in [0.5, 0.6) is 0 Å². The van der Waals surface area contributed by atoms with Crippen LogP contribution in [0.15, 0.2) is 48.5 Å². The third-order valence-corrected chi connectivity index (χ3v) is 5.42. The number of amides is 4. The molecule has 0 aromatic heterocycles. The number of hydrogen-bond donors (Lipinski definition) is 4. The SMILES string of the molecule is CSCCC(NC(=O)c1ccccc1Cl)C(=O)NCc1ccc(NC(=O)NC(C)C)cc1. The smallest absolute Gasteiger partial charge is 0.319 e. The topological polar surface area (TPSA) is 99.3 Å². The Morgan fingerprint density at radius 3 is 2.31 bits per heavy atom. The fraction of sp³-hybridized carbons (Fsp3) is 0.348. The van der Waals surface area contributed by atoms with Crippen LogP contribution in [0.2, 0.25) is 5.02 Å². The highest BCUT2D eigenvalue weighted by molar-refractivity contribution is 7.98. The number of nitrogens with one attached hydrogen (secondary N) is 4. The van der Waals surface area contributed by atoms with Gasteiger partial charge in [0.1, 0.15) is 6.04 Å². The largest absolute Gasteiger partial charge is 0.350 e. The highest BCUT2D eigenvalue weighted by atomic mass is 35.5. The number of urea groups is 1. The summed E-state index contributed by atoms with van der Waals surface area (Å²) in [6.07, 6.45) is 2.44. The molecule has 2 rings (SSSR count). The molecule has 32 heavy (non-hydrogen) atoms. The van der Waals surface area contributed by atoms with Crippen molar-refractivity contribution in [2.75, 3.05) is 17.3 Å². The summed E-state index contributed by atoms with van der Waals surface area (Å²) < 4.78 is 0. The van der Waals surface area contributed by atoms with Crippen LogP contribution in [0.3, 0.4) is 0 Å². The molecular formula is C23H29ClN4O3S. The number of thioether (sulfide) groups is 1. The number of carbonyl (C=O) groups excluding carboxylic acids is 3. The van der Waals surface area contributed by atoms with Crippen LogP contribution >= 0.6 is 23.4 Å². The van der Waals surface area contributed by atoms with E-state index in [0.29, 0.717) is 29.2 Å². The van der Waals surface area contributed by atoms with E-state index in [9.17, 15) is 14.4 Å². The average molecular weight is 477 g/mol. The summed E-state index contributed by atoms with van der Waals surface area (Å²) in [6, 6.07) is 13.0. The lowest BCUT2D eigenvalue weighted by molar-refractivity contribution is -0.123. The number of hydrogen-bond acceptors (Lipinski definition) is 4. The summed E-state index contributed by atoms with van der Waals surface area (Å²) in [7, 11) is 0. The first-order chi connectivity index (χ1) is 15.3. The molecule has 7 nitrogen and oxygen atoms in total. The Morgan fingerprint density at radius 2 is 1.69 bits per heavy atom. The Balaban J connectivity index is 1.94. The summed E-state index contributed by atoms with van der Waals surface area (Å²) in [5.74, 6) is 0.0737. The van der Waals surface area contributed by atoms with Crippen LogP contribution in [-0.2, 0) is 11.3 Å². The quantitative estimate of drug-likeness (QED) is 0.416. The van der Waals surface area contributed by atoms with Gasteiger partial charge in [-0.05, 0) is 62.1 Å². The van der Waals surface area contributed by atoms with Crippen molar-refractivity contribution in [2.45, 2.75) is 38.9 Å². The number of anilines is 1. The standard InChI is InChI=1S/C23H29ClN4O3S/c1-15(2)26-23(31)27-17-10-8-16(9-11-17)14-25-22(30)20(12-13-32-3)28-21(29)18-6-4-5-7-19(18)24/h4-11,15,20H,12-14H2,1-3H3,(H,25,30)(H,28,29)(H2,26,27,31). The minimum atomic E-state index is -0.674. The van der Waals surface area contributed by atoms with Crippen LogP contribution in [0, 0.1) is 0 Å². The van der Waals surface area contributed by atoms with Crippen LogP contribution in [0.25, 0.3) is 0 Å². The minimum Gasteiger partial charge on any atom is -0.350 e. The van der Waals surface area contributed by atoms with Gasteiger partial charge in [-0.15, -0.1) is 0 Å². The maximum absolute atomic E-state index is 12.8. The predicted octanol–water partition coefficient (Wildman–Crippen LogP) is 4.04. The van der Waals surface area contributed by atoms with Gasteiger partial charge in [-0.3, -0.25) is 9.59 Å². The van der Waals surface area contributed by atoms with Crippen LogP contribution in [-0.4, -0.2) is 41.9 Å². The van der Waals surface area contributed by atoms with E-state index < -0.39 is 6.04 Å². The molecule has 0 aliphatic heterocycles. The zero-order chi connectivity index (χ0) is 23.5. The van der Waals surface area contributed by atoms with Crippen molar-refractivity contribution in [3.05, 3.63) is 64.7 Å². The molecule has 4 N–H and O–H groups in total. The minimum absolute atomic E-state index is 0.0435. The summed E-state index contributed by atoms with van der Waals surface area (Å²) >= 11 is 7.70.